The summed E-state index contributed by atoms with van der Waals surface area (Å²) >= 11 is 0. The van der Waals surface area contributed by atoms with Gasteiger partial charge in [-0.05, 0) is 12.8 Å². The van der Waals surface area contributed by atoms with Crippen LogP contribution in [0.2, 0.25) is 0 Å². The van der Waals surface area contributed by atoms with Gasteiger partial charge in [0.25, 0.3) is 0 Å². The van der Waals surface area contributed by atoms with Gasteiger partial charge in [0, 0.05) is 11.9 Å². The van der Waals surface area contributed by atoms with Crippen molar-refractivity contribution in [1.29, 1.82) is 0 Å². The summed E-state index contributed by atoms with van der Waals surface area (Å²) in [6.45, 7) is 0. The van der Waals surface area contributed by atoms with Crippen LogP contribution in [0.1, 0.15) is 25.7 Å². The van der Waals surface area contributed by atoms with Crippen LogP contribution in [0, 0.1) is 11.8 Å². The van der Waals surface area contributed by atoms with Crippen molar-refractivity contribution in [1.82, 2.24) is 6.15 Å². The standard InChI is InChI=1S/C8H12O4.H3N/c9-7(10)5-3-1-2-4-6(5)8(11)12;/h5-6H,1-4H2,(H,9,10)(H,11,12);1H3/t5-,6-;/m1./s1. The molecule has 5 N–H and O–H groups in total. The molecule has 1 aliphatic rings. The quantitative estimate of drug-likeness (QED) is 0.636. The van der Waals surface area contributed by atoms with Gasteiger partial charge in [-0.15, -0.1) is 0 Å². The maximum absolute atomic E-state index is 10.6. The Kier molecular flexibility index (Phi) is 4.40. The Balaban J connectivity index is 0.00000144. The van der Waals surface area contributed by atoms with E-state index >= 15 is 0 Å². The highest BCUT2D eigenvalue weighted by Gasteiger charge is 2.31. The van der Waals surface area contributed by atoms with Gasteiger partial charge in [0.15, 0.2) is 0 Å². The molecule has 0 aromatic heterocycles. The van der Waals surface area contributed by atoms with Crippen LogP contribution in [0.4, 0.5) is 0 Å². The van der Waals surface area contributed by atoms with Crippen LogP contribution in [0.25, 0.3) is 0 Å². The van der Waals surface area contributed by atoms with E-state index in [0.29, 0.717) is 12.8 Å². The minimum Gasteiger partial charge on any atom is -0.550 e. The Hall–Kier alpha value is -1.10. The Morgan fingerprint density at radius 1 is 1.15 bits per heavy atom. The van der Waals surface area contributed by atoms with Gasteiger partial charge >= 0.3 is 5.97 Å². The zero-order valence-corrected chi connectivity index (χ0v) is 7.66. The zero-order valence-electron chi connectivity index (χ0n) is 7.66. The molecule has 5 heteroatoms. The summed E-state index contributed by atoms with van der Waals surface area (Å²) in [6.07, 6.45) is 2.51. The third kappa shape index (κ3) is 2.69. The van der Waals surface area contributed by atoms with E-state index in [0.717, 1.165) is 12.8 Å². The van der Waals surface area contributed by atoms with E-state index in [1.165, 1.54) is 0 Å². The molecule has 13 heavy (non-hydrogen) atoms. The molecule has 1 saturated carbocycles. The lowest BCUT2D eigenvalue weighted by Gasteiger charge is -2.28. The summed E-state index contributed by atoms with van der Waals surface area (Å²) < 4.78 is 0. The van der Waals surface area contributed by atoms with E-state index < -0.39 is 23.8 Å². The molecule has 0 amide bonds. The van der Waals surface area contributed by atoms with Crippen LogP contribution in [0.15, 0.2) is 0 Å². The molecule has 0 bridgehead atoms. The van der Waals surface area contributed by atoms with E-state index in [-0.39, 0.29) is 6.15 Å². The van der Waals surface area contributed by atoms with E-state index in [9.17, 15) is 14.7 Å². The summed E-state index contributed by atoms with van der Waals surface area (Å²) in [5, 5.41) is 19.2. The molecular formula is C8H15NO4. The first-order valence-corrected chi connectivity index (χ1v) is 4.06. The smallest absolute Gasteiger partial charge is 0.307 e. The number of aliphatic carboxylic acids is 2. The highest BCUT2D eigenvalue weighted by Crippen LogP contribution is 2.29. The van der Waals surface area contributed by atoms with E-state index in [4.69, 9.17) is 5.11 Å². The molecule has 1 fully saturated rings. The van der Waals surface area contributed by atoms with Crippen molar-refractivity contribution in [3.05, 3.63) is 0 Å². The number of carbonyl (C=O) groups excluding carboxylic acids is 1. The largest absolute Gasteiger partial charge is 0.550 e. The number of carboxylic acid groups (broad SMARTS) is 2. The van der Waals surface area contributed by atoms with Gasteiger partial charge in [-0.2, -0.15) is 0 Å². The molecular weight excluding hydrogens is 174 g/mol. The van der Waals surface area contributed by atoms with Crippen LogP contribution < -0.4 is 11.3 Å². The fourth-order valence-electron chi connectivity index (χ4n) is 1.71. The normalized spacial score (nSPS) is 27.4. The number of hydrogen-bond donors (Lipinski definition) is 2. The Morgan fingerprint density at radius 2 is 1.62 bits per heavy atom. The Bertz CT molecular complexity index is 182. The summed E-state index contributed by atoms with van der Waals surface area (Å²) in [7, 11) is 0. The van der Waals surface area contributed by atoms with Crippen molar-refractivity contribution in [3.8, 4) is 0 Å². The van der Waals surface area contributed by atoms with Crippen LogP contribution in [0.3, 0.4) is 0 Å². The molecule has 0 aromatic carbocycles. The fourth-order valence-corrected chi connectivity index (χ4v) is 1.71. The molecule has 0 radical (unpaired) electrons. The second kappa shape index (κ2) is 4.81. The number of rotatable bonds is 2. The van der Waals surface area contributed by atoms with Gasteiger partial charge in [0.05, 0.1) is 5.92 Å². The minimum atomic E-state index is -1.22. The average Bonchev–Trinajstić information content (AvgIpc) is 2.04. The lowest BCUT2D eigenvalue weighted by molar-refractivity contribution is -0.314. The molecule has 2 atom stereocenters. The predicted molar refractivity (Wildman–Crippen MR) is 44.1 cm³/mol. The average molecular weight is 189 g/mol. The van der Waals surface area contributed by atoms with Crippen molar-refractivity contribution in [2.45, 2.75) is 25.7 Å². The highest BCUT2D eigenvalue weighted by atomic mass is 16.4. The fraction of sp³-hybridized carbons (Fsp3) is 0.750. The molecule has 5 nitrogen and oxygen atoms in total. The number of carbonyl (C=O) groups is 2. The monoisotopic (exact) mass is 189 g/mol. The van der Waals surface area contributed by atoms with Gasteiger partial charge in [-0.1, -0.05) is 12.8 Å². The first kappa shape index (κ1) is 11.9. The van der Waals surface area contributed by atoms with E-state index in [1.807, 2.05) is 0 Å². The molecule has 0 unspecified atom stereocenters. The molecule has 76 valence electrons. The maximum atomic E-state index is 10.6. The molecule has 0 spiro atoms. The number of carboxylic acids is 2. The third-order valence-electron chi connectivity index (χ3n) is 2.39. The number of hydrogen-bond acceptors (Lipinski definition) is 3. The molecule has 0 aliphatic heterocycles. The maximum Gasteiger partial charge on any atom is 0.307 e. The van der Waals surface area contributed by atoms with Crippen molar-refractivity contribution in [2.75, 3.05) is 0 Å². The van der Waals surface area contributed by atoms with Crippen molar-refractivity contribution in [2.24, 2.45) is 11.8 Å². The first-order chi connectivity index (χ1) is 5.63. The van der Waals surface area contributed by atoms with Gasteiger partial charge in [0.2, 0.25) is 0 Å². The van der Waals surface area contributed by atoms with Gasteiger partial charge in [-0.25, -0.2) is 0 Å². The van der Waals surface area contributed by atoms with Gasteiger partial charge in [-0.3, -0.25) is 4.79 Å². The molecule has 0 saturated heterocycles. The van der Waals surface area contributed by atoms with Crippen molar-refractivity contribution >= 4 is 11.9 Å². The minimum absolute atomic E-state index is 0. The second-order valence-corrected chi connectivity index (χ2v) is 3.15. The predicted octanol–water partition coefficient (Wildman–Crippen LogP) is 0.00350. The highest BCUT2D eigenvalue weighted by molar-refractivity contribution is 5.79. The van der Waals surface area contributed by atoms with Crippen molar-refractivity contribution in [3.63, 3.8) is 0 Å². The summed E-state index contributed by atoms with van der Waals surface area (Å²) in [5.74, 6) is -3.74. The molecule has 0 heterocycles. The van der Waals surface area contributed by atoms with Gasteiger partial charge < -0.3 is 21.2 Å². The molecule has 1 aliphatic carbocycles. The topological polar surface area (TPSA) is 114 Å². The van der Waals surface area contributed by atoms with Crippen molar-refractivity contribution < 1.29 is 19.8 Å². The van der Waals surface area contributed by atoms with Gasteiger partial charge in [0.1, 0.15) is 0 Å². The van der Waals surface area contributed by atoms with Crippen LogP contribution in [-0.4, -0.2) is 17.0 Å². The zero-order chi connectivity index (χ0) is 9.14. The summed E-state index contributed by atoms with van der Waals surface area (Å²) in [6, 6.07) is 0. The first-order valence-electron chi connectivity index (χ1n) is 4.06. The van der Waals surface area contributed by atoms with E-state index in [1.54, 1.807) is 0 Å². The molecule has 0 aromatic rings. The molecule has 1 rings (SSSR count). The second-order valence-electron chi connectivity index (χ2n) is 3.15. The van der Waals surface area contributed by atoms with Crippen LogP contribution in [0.5, 0.6) is 0 Å². The van der Waals surface area contributed by atoms with Crippen LogP contribution >= 0.6 is 0 Å². The summed E-state index contributed by atoms with van der Waals surface area (Å²) in [4.78, 5) is 21.1. The lowest BCUT2D eigenvalue weighted by Crippen LogP contribution is -2.40. The lowest BCUT2D eigenvalue weighted by atomic mass is 9.79. The van der Waals surface area contributed by atoms with Crippen LogP contribution in [-0.2, 0) is 9.59 Å². The Morgan fingerprint density at radius 3 is 1.92 bits per heavy atom. The van der Waals surface area contributed by atoms with E-state index in [2.05, 4.69) is 0 Å². The SMILES string of the molecule is O=C([O-])[C@@H]1CCCC[C@H]1C(=O)O.[NH4+]. The summed E-state index contributed by atoms with van der Waals surface area (Å²) in [5.41, 5.74) is 0. The Labute approximate surface area is 76.3 Å². The number of quaternary nitrogens is 1. The third-order valence-corrected chi connectivity index (χ3v) is 2.39.